The molecular formula is C17H24N2OS. The Kier molecular flexibility index (Phi) is 4.57. The molecule has 2 aromatic rings. The number of rotatable bonds is 4. The number of carbonyl (C=O) groups is 1. The van der Waals surface area contributed by atoms with Crippen LogP contribution in [0.5, 0.6) is 0 Å². The first-order valence-corrected chi connectivity index (χ1v) is 8.22. The Morgan fingerprint density at radius 1 is 1.29 bits per heavy atom. The van der Waals surface area contributed by atoms with Gasteiger partial charge in [-0.1, -0.05) is 25.5 Å². The molecule has 0 bridgehead atoms. The monoisotopic (exact) mass is 304 g/mol. The van der Waals surface area contributed by atoms with E-state index in [1.165, 1.54) is 11.3 Å². The number of nitrogen functional groups attached to an aromatic ring is 1. The number of hydrogen-bond donors (Lipinski definition) is 1. The van der Waals surface area contributed by atoms with Crippen molar-refractivity contribution in [2.24, 2.45) is 5.92 Å². The lowest BCUT2D eigenvalue weighted by atomic mass is 10.1. The number of fused-ring (bicyclic) bond motifs is 1. The molecule has 0 unspecified atom stereocenters. The van der Waals surface area contributed by atoms with Gasteiger partial charge < -0.3 is 10.6 Å². The summed E-state index contributed by atoms with van der Waals surface area (Å²) >= 11 is 1.50. The fraction of sp³-hybridized carbons (Fsp3) is 0.471. The molecule has 0 saturated heterocycles. The van der Waals surface area contributed by atoms with Crippen LogP contribution in [-0.4, -0.2) is 23.4 Å². The van der Waals surface area contributed by atoms with Crippen molar-refractivity contribution in [2.75, 3.05) is 12.3 Å². The highest BCUT2D eigenvalue weighted by atomic mass is 32.1. The van der Waals surface area contributed by atoms with Crippen molar-refractivity contribution in [3.8, 4) is 0 Å². The number of nitrogens with two attached hydrogens (primary N) is 1. The molecule has 21 heavy (non-hydrogen) atoms. The molecular weight excluding hydrogens is 280 g/mol. The fourth-order valence-electron chi connectivity index (χ4n) is 2.44. The van der Waals surface area contributed by atoms with Crippen LogP contribution in [0.2, 0.25) is 0 Å². The van der Waals surface area contributed by atoms with E-state index < -0.39 is 0 Å². The summed E-state index contributed by atoms with van der Waals surface area (Å²) in [5.41, 5.74) is 8.02. The summed E-state index contributed by atoms with van der Waals surface area (Å²) in [7, 11) is 0. The molecule has 0 spiro atoms. The summed E-state index contributed by atoms with van der Waals surface area (Å²) in [5, 5.41) is 0.997. The first kappa shape index (κ1) is 15.8. The SMILES string of the molecule is Cc1ccc2sc(C(=O)N(CC(C)C)C(C)C)c(N)c2c1. The van der Waals surface area contributed by atoms with Gasteiger partial charge in [0.2, 0.25) is 0 Å². The maximum absolute atomic E-state index is 12.9. The van der Waals surface area contributed by atoms with Gasteiger partial charge in [-0.25, -0.2) is 0 Å². The Labute approximate surface area is 130 Å². The van der Waals surface area contributed by atoms with Crippen molar-refractivity contribution in [3.63, 3.8) is 0 Å². The van der Waals surface area contributed by atoms with Crippen LogP contribution in [0.15, 0.2) is 18.2 Å². The zero-order valence-corrected chi connectivity index (χ0v) is 14.3. The zero-order valence-electron chi connectivity index (χ0n) is 13.4. The third-order valence-electron chi connectivity index (χ3n) is 3.52. The molecule has 2 N–H and O–H groups in total. The highest BCUT2D eigenvalue weighted by molar-refractivity contribution is 7.21. The number of carbonyl (C=O) groups excluding carboxylic acids is 1. The molecule has 3 nitrogen and oxygen atoms in total. The minimum atomic E-state index is 0.0510. The normalized spacial score (nSPS) is 11.6. The van der Waals surface area contributed by atoms with Crippen molar-refractivity contribution in [3.05, 3.63) is 28.6 Å². The Balaban J connectivity index is 2.44. The minimum absolute atomic E-state index is 0.0510. The molecule has 0 atom stereocenters. The van der Waals surface area contributed by atoms with Crippen LogP contribution in [0, 0.1) is 12.8 Å². The number of aryl methyl sites for hydroxylation is 1. The number of thiophene rings is 1. The third-order valence-corrected chi connectivity index (χ3v) is 4.70. The summed E-state index contributed by atoms with van der Waals surface area (Å²) < 4.78 is 1.08. The largest absolute Gasteiger partial charge is 0.397 e. The van der Waals surface area contributed by atoms with E-state index in [0.717, 1.165) is 22.2 Å². The molecule has 1 amide bonds. The summed E-state index contributed by atoms with van der Waals surface area (Å²) in [6.07, 6.45) is 0. The smallest absolute Gasteiger partial charge is 0.266 e. The summed E-state index contributed by atoms with van der Waals surface area (Å²) in [6.45, 7) is 11.1. The second-order valence-corrected chi connectivity index (χ2v) is 7.34. The lowest BCUT2D eigenvalue weighted by Gasteiger charge is -2.28. The average molecular weight is 304 g/mol. The van der Waals surface area contributed by atoms with Gasteiger partial charge in [0.15, 0.2) is 0 Å². The Morgan fingerprint density at radius 2 is 1.95 bits per heavy atom. The quantitative estimate of drug-likeness (QED) is 0.915. The van der Waals surface area contributed by atoms with E-state index in [0.29, 0.717) is 16.5 Å². The summed E-state index contributed by atoms with van der Waals surface area (Å²) in [6, 6.07) is 6.33. The van der Waals surface area contributed by atoms with E-state index in [1.807, 2.05) is 31.7 Å². The minimum Gasteiger partial charge on any atom is -0.397 e. The molecule has 1 heterocycles. The van der Waals surface area contributed by atoms with Crippen molar-refractivity contribution >= 4 is 33.0 Å². The molecule has 0 aliphatic carbocycles. The molecule has 0 aliphatic rings. The van der Waals surface area contributed by atoms with Crippen molar-refractivity contribution < 1.29 is 4.79 Å². The first-order valence-electron chi connectivity index (χ1n) is 7.40. The molecule has 1 aromatic carbocycles. The highest BCUT2D eigenvalue weighted by Crippen LogP contribution is 2.35. The van der Waals surface area contributed by atoms with Gasteiger partial charge in [0, 0.05) is 22.7 Å². The third kappa shape index (κ3) is 3.21. The molecule has 4 heteroatoms. The standard InChI is InChI=1S/C17H24N2OS/c1-10(2)9-19(11(3)4)17(20)16-15(18)13-8-12(5)6-7-14(13)21-16/h6-8,10-11H,9,18H2,1-5H3. The Hall–Kier alpha value is -1.55. The Morgan fingerprint density at radius 3 is 2.52 bits per heavy atom. The molecule has 0 aliphatic heterocycles. The van der Waals surface area contributed by atoms with Crippen LogP contribution in [-0.2, 0) is 0 Å². The predicted molar refractivity (Wildman–Crippen MR) is 92.0 cm³/mol. The lowest BCUT2D eigenvalue weighted by molar-refractivity contribution is 0.0688. The second kappa shape index (κ2) is 6.06. The maximum Gasteiger partial charge on any atom is 0.266 e. The number of benzene rings is 1. The highest BCUT2D eigenvalue weighted by Gasteiger charge is 2.24. The van der Waals surface area contributed by atoms with E-state index in [9.17, 15) is 4.79 Å². The topological polar surface area (TPSA) is 46.3 Å². The number of nitrogens with zero attached hydrogens (tertiary/aromatic N) is 1. The first-order chi connectivity index (χ1) is 9.81. The predicted octanol–water partition coefficient (Wildman–Crippen LogP) is 4.30. The second-order valence-electron chi connectivity index (χ2n) is 6.29. The van der Waals surface area contributed by atoms with Gasteiger partial charge in [-0.3, -0.25) is 4.79 Å². The number of amides is 1. The van der Waals surface area contributed by atoms with Crippen LogP contribution in [0.3, 0.4) is 0 Å². The van der Waals surface area contributed by atoms with Crippen LogP contribution in [0.25, 0.3) is 10.1 Å². The fourth-order valence-corrected chi connectivity index (χ4v) is 3.50. The van der Waals surface area contributed by atoms with E-state index in [4.69, 9.17) is 5.73 Å². The summed E-state index contributed by atoms with van der Waals surface area (Å²) in [5.74, 6) is 0.490. The van der Waals surface area contributed by atoms with Crippen LogP contribution in [0.1, 0.15) is 42.9 Å². The number of hydrogen-bond acceptors (Lipinski definition) is 3. The van der Waals surface area contributed by atoms with Gasteiger partial charge in [0.1, 0.15) is 4.88 Å². The molecule has 0 saturated carbocycles. The average Bonchev–Trinajstić information content (AvgIpc) is 2.72. The van der Waals surface area contributed by atoms with Crippen molar-refractivity contribution in [1.29, 1.82) is 0 Å². The molecule has 114 valence electrons. The van der Waals surface area contributed by atoms with Gasteiger partial charge in [-0.05, 0) is 38.8 Å². The number of anilines is 1. The molecule has 0 radical (unpaired) electrons. The Bertz CT molecular complexity index is 658. The van der Waals surface area contributed by atoms with E-state index in [-0.39, 0.29) is 11.9 Å². The van der Waals surface area contributed by atoms with Crippen molar-refractivity contribution in [2.45, 2.75) is 40.7 Å². The van der Waals surface area contributed by atoms with Crippen molar-refractivity contribution in [1.82, 2.24) is 4.90 Å². The van der Waals surface area contributed by atoms with Gasteiger partial charge in [-0.15, -0.1) is 11.3 Å². The zero-order chi connectivity index (χ0) is 15.7. The summed E-state index contributed by atoms with van der Waals surface area (Å²) in [4.78, 5) is 15.4. The maximum atomic E-state index is 12.9. The lowest BCUT2D eigenvalue weighted by Crippen LogP contribution is -2.39. The molecule has 2 rings (SSSR count). The van der Waals surface area contributed by atoms with E-state index in [2.05, 4.69) is 26.0 Å². The van der Waals surface area contributed by atoms with E-state index >= 15 is 0 Å². The van der Waals surface area contributed by atoms with Crippen LogP contribution in [0.4, 0.5) is 5.69 Å². The van der Waals surface area contributed by atoms with Crippen LogP contribution >= 0.6 is 11.3 Å². The molecule has 1 aromatic heterocycles. The van der Waals surface area contributed by atoms with Gasteiger partial charge in [0.05, 0.1) is 5.69 Å². The van der Waals surface area contributed by atoms with Gasteiger partial charge in [-0.2, -0.15) is 0 Å². The van der Waals surface area contributed by atoms with Gasteiger partial charge in [0.25, 0.3) is 5.91 Å². The van der Waals surface area contributed by atoms with Crippen LogP contribution < -0.4 is 5.73 Å². The van der Waals surface area contributed by atoms with Gasteiger partial charge >= 0.3 is 0 Å². The molecule has 0 fully saturated rings. The van der Waals surface area contributed by atoms with E-state index in [1.54, 1.807) is 0 Å².